The first-order chi connectivity index (χ1) is 13.9. The molecule has 1 aromatic heterocycles. The van der Waals surface area contributed by atoms with Crippen LogP contribution in [-0.4, -0.2) is 43.6 Å². The Morgan fingerprint density at radius 1 is 1.21 bits per heavy atom. The molecule has 2 aliphatic heterocycles. The first-order valence-corrected chi connectivity index (χ1v) is 11.3. The Balaban J connectivity index is 1.39. The standard InChI is InChI=1S/C20H26FN5O2S/c1-14-4-5-17(11-18(14)21)29(27,28)25-16-3-2-10-26(13-16)20-12-19(23-24-20)15-6-8-22-9-7-15/h4-9,11,16,19-20,23-25H,2-3,10,12-13H2,1H3. The number of benzene rings is 1. The summed E-state index contributed by atoms with van der Waals surface area (Å²) in [6.45, 7) is 3.12. The lowest BCUT2D eigenvalue weighted by Gasteiger charge is -2.36. The monoisotopic (exact) mass is 419 g/mol. The van der Waals surface area contributed by atoms with Gasteiger partial charge in [-0.1, -0.05) is 6.07 Å². The van der Waals surface area contributed by atoms with Gasteiger partial charge in [0.25, 0.3) is 0 Å². The quantitative estimate of drug-likeness (QED) is 0.686. The van der Waals surface area contributed by atoms with Crippen molar-refractivity contribution in [3.05, 3.63) is 59.7 Å². The minimum Gasteiger partial charge on any atom is -0.285 e. The lowest BCUT2D eigenvalue weighted by atomic mass is 10.0. The van der Waals surface area contributed by atoms with Gasteiger partial charge in [-0.2, -0.15) is 0 Å². The molecule has 0 aliphatic carbocycles. The second-order valence-corrected chi connectivity index (χ2v) is 9.45. The van der Waals surface area contributed by atoms with Crippen molar-refractivity contribution in [3.8, 4) is 0 Å². The van der Waals surface area contributed by atoms with Crippen LogP contribution in [0.1, 0.15) is 36.4 Å². The van der Waals surface area contributed by atoms with Gasteiger partial charge in [-0.05, 0) is 68.1 Å². The summed E-state index contributed by atoms with van der Waals surface area (Å²) >= 11 is 0. The third kappa shape index (κ3) is 4.65. The van der Waals surface area contributed by atoms with Crippen LogP contribution in [0.2, 0.25) is 0 Å². The molecule has 3 heterocycles. The molecule has 0 amide bonds. The van der Waals surface area contributed by atoms with E-state index in [1.807, 2.05) is 12.1 Å². The van der Waals surface area contributed by atoms with Crippen LogP contribution >= 0.6 is 0 Å². The zero-order chi connectivity index (χ0) is 20.4. The van der Waals surface area contributed by atoms with Crippen LogP contribution in [-0.2, 0) is 10.0 Å². The van der Waals surface area contributed by atoms with Crippen LogP contribution < -0.4 is 15.6 Å². The summed E-state index contributed by atoms with van der Waals surface area (Å²) in [6, 6.07) is 7.99. The number of hydrogen-bond acceptors (Lipinski definition) is 6. The average molecular weight is 420 g/mol. The zero-order valence-electron chi connectivity index (χ0n) is 16.3. The number of rotatable bonds is 5. The lowest BCUT2D eigenvalue weighted by Crippen LogP contribution is -2.54. The molecule has 7 nitrogen and oxygen atoms in total. The van der Waals surface area contributed by atoms with Crippen molar-refractivity contribution in [2.75, 3.05) is 13.1 Å². The number of likely N-dealkylation sites (tertiary alicyclic amines) is 1. The number of pyridine rings is 1. The summed E-state index contributed by atoms with van der Waals surface area (Å²) in [7, 11) is -3.76. The van der Waals surface area contributed by atoms with E-state index in [0.717, 1.165) is 31.9 Å². The first kappa shape index (κ1) is 20.4. The average Bonchev–Trinajstić information content (AvgIpc) is 3.21. The van der Waals surface area contributed by atoms with Gasteiger partial charge in [-0.15, -0.1) is 0 Å². The van der Waals surface area contributed by atoms with Gasteiger partial charge in [0.15, 0.2) is 0 Å². The lowest BCUT2D eigenvalue weighted by molar-refractivity contribution is 0.129. The molecule has 156 valence electrons. The minimum atomic E-state index is -3.76. The van der Waals surface area contributed by atoms with E-state index in [2.05, 4.69) is 25.5 Å². The third-order valence-electron chi connectivity index (χ3n) is 5.66. The molecule has 4 rings (SSSR count). The van der Waals surface area contributed by atoms with Gasteiger partial charge >= 0.3 is 0 Å². The minimum absolute atomic E-state index is 0.0314. The Labute approximate surface area is 170 Å². The summed E-state index contributed by atoms with van der Waals surface area (Å²) in [5.74, 6) is -0.512. The molecule has 3 unspecified atom stereocenters. The highest BCUT2D eigenvalue weighted by atomic mass is 32.2. The van der Waals surface area contributed by atoms with Gasteiger partial charge < -0.3 is 0 Å². The molecule has 29 heavy (non-hydrogen) atoms. The first-order valence-electron chi connectivity index (χ1n) is 9.86. The normalized spacial score (nSPS) is 25.9. The number of aromatic nitrogens is 1. The van der Waals surface area contributed by atoms with Crippen LogP contribution in [0.4, 0.5) is 4.39 Å². The number of halogens is 1. The molecule has 3 atom stereocenters. The maximum Gasteiger partial charge on any atom is 0.240 e. The Hall–Kier alpha value is -1.91. The molecular weight excluding hydrogens is 393 g/mol. The third-order valence-corrected chi connectivity index (χ3v) is 7.18. The van der Waals surface area contributed by atoms with E-state index >= 15 is 0 Å². The van der Waals surface area contributed by atoms with E-state index in [0.29, 0.717) is 12.1 Å². The Morgan fingerprint density at radius 2 is 2.00 bits per heavy atom. The zero-order valence-corrected chi connectivity index (χ0v) is 17.1. The molecule has 2 saturated heterocycles. The summed E-state index contributed by atoms with van der Waals surface area (Å²) < 4.78 is 42.0. The van der Waals surface area contributed by atoms with E-state index in [1.165, 1.54) is 17.7 Å². The Bertz CT molecular complexity index is 957. The predicted octanol–water partition coefficient (Wildman–Crippen LogP) is 1.84. The topological polar surface area (TPSA) is 86.4 Å². The van der Waals surface area contributed by atoms with E-state index < -0.39 is 15.8 Å². The number of sulfonamides is 1. The highest BCUT2D eigenvalue weighted by Crippen LogP contribution is 2.25. The fourth-order valence-corrected chi connectivity index (χ4v) is 5.28. The van der Waals surface area contributed by atoms with Crippen molar-refractivity contribution in [1.29, 1.82) is 0 Å². The van der Waals surface area contributed by atoms with Gasteiger partial charge in [0.1, 0.15) is 5.82 Å². The number of aryl methyl sites for hydroxylation is 1. The van der Waals surface area contributed by atoms with E-state index in [9.17, 15) is 12.8 Å². The van der Waals surface area contributed by atoms with Crippen molar-refractivity contribution in [2.45, 2.75) is 49.3 Å². The van der Waals surface area contributed by atoms with E-state index in [-0.39, 0.29) is 23.1 Å². The summed E-state index contributed by atoms with van der Waals surface area (Å²) in [6.07, 6.45) is 6.23. The molecule has 2 fully saturated rings. The van der Waals surface area contributed by atoms with Gasteiger partial charge in [-0.3, -0.25) is 9.88 Å². The van der Waals surface area contributed by atoms with Gasteiger partial charge in [-0.25, -0.2) is 28.4 Å². The van der Waals surface area contributed by atoms with Crippen molar-refractivity contribution >= 4 is 10.0 Å². The number of piperidine rings is 1. The fraction of sp³-hybridized carbons (Fsp3) is 0.450. The maximum absolute atomic E-state index is 13.8. The molecule has 0 radical (unpaired) electrons. The molecule has 3 N–H and O–H groups in total. The molecular formula is C20H26FN5O2S. The molecule has 9 heteroatoms. The van der Waals surface area contributed by atoms with Gasteiger partial charge in [0.2, 0.25) is 10.0 Å². The van der Waals surface area contributed by atoms with Crippen LogP contribution in [0, 0.1) is 12.7 Å². The molecule has 2 aromatic rings. The fourth-order valence-electron chi connectivity index (χ4n) is 4.01. The summed E-state index contributed by atoms with van der Waals surface area (Å²) in [5.41, 5.74) is 8.25. The molecule has 0 saturated carbocycles. The summed E-state index contributed by atoms with van der Waals surface area (Å²) in [5, 5.41) is 0. The smallest absolute Gasteiger partial charge is 0.240 e. The number of hydrazine groups is 1. The summed E-state index contributed by atoms with van der Waals surface area (Å²) in [4.78, 5) is 6.29. The number of hydrogen-bond donors (Lipinski definition) is 3. The second kappa shape index (κ2) is 8.45. The molecule has 2 aliphatic rings. The molecule has 1 aromatic carbocycles. The molecule has 0 spiro atoms. The van der Waals surface area contributed by atoms with Crippen molar-refractivity contribution in [3.63, 3.8) is 0 Å². The van der Waals surface area contributed by atoms with Crippen molar-refractivity contribution in [2.24, 2.45) is 0 Å². The van der Waals surface area contributed by atoms with Gasteiger partial charge in [0, 0.05) is 31.0 Å². The van der Waals surface area contributed by atoms with E-state index in [4.69, 9.17) is 0 Å². The van der Waals surface area contributed by atoms with Crippen molar-refractivity contribution in [1.82, 2.24) is 25.5 Å². The maximum atomic E-state index is 13.8. The van der Waals surface area contributed by atoms with E-state index in [1.54, 1.807) is 19.3 Å². The Kier molecular flexibility index (Phi) is 5.93. The van der Waals surface area contributed by atoms with Crippen molar-refractivity contribution < 1.29 is 12.8 Å². The highest BCUT2D eigenvalue weighted by molar-refractivity contribution is 7.89. The SMILES string of the molecule is Cc1ccc(S(=O)(=O)NC2CCCN(C3CC(c4ccncc4)NN3)C2)cc1F. The van der Waals surface area contributed by atoms with Crippen LogP contribution in [0.15, 0.2) is 47.6 Å². The largest absolute Gasteiger partial charge is 0.285 e. The van der Waals surface area contributed by atoms with Crippen LogP contribution in [0.5, 0.6) is 0 Å². The predicted molar refractivity (Wildman–Crippen MR) is 108 cm³/mol. The second-order valence-electron chi connectivity index (χ2n) is 7.74. The van der Waals surface area contributed by atoms with Gasteiger partial charge in [0.05, 0.1) is 11.1 Å². The molecule has 0 bridgehead atoms. The number of nitrogens with one attached hydrogen (secondary N) is 3. The Morgan fingerprint density at radius 3 is 2.76 bits per heavy atom. The van der Waals surface area contributed by atoms with Crippen LogP contribution in [0.3, 0.4) is 0 Å². The highest BCUT2D eigenvalue weighted by Gasteiger charge is 2.33. The number of nitrogens with zero attached hydrogens (tertiary/aromatic N) is 2. The van der Waals surface area contributed by atoms with Crippen LogP contribution in [0.25, 0.3) is 0 Å².